The van der Waals surface area contributed by atoms with Crippen LogP contribution >= 0.6 is 0 Å². The molecule has 7 nitrogen and oxygen atoms in total. The molecule has 0 saturated heterocycles. The van der Waals surface area contributed by atoms with Crippen LogP contribution in [0.1, 0.15) is 16.1 Å². The molecule has 4 N–H and O–H groups in total. The van der Waals surface area contributed by atoms with Crippen LogP contribution in [0.25, 0.3) is 33.3 Å². The van der Waals surface area contributed by atoms with Crippen LogP contribution in [0.15, 0.2) is 60.8 Å². The molecule has 1 amide bonds. The van der Waals surface area contributed by atoms with E-state index in [-0.39, 0.29) is 11.7 Å². The normalized spacial score (nSPS) is 13.0. The second-order valence-corrected chi connectivity index (χ2v) is 7.56. The van der Waals surface area contributed by atoms with Crippen molar-refractivity contribution in [1.82, 2.24) is 15.3 Å². The van der Waals surface area contributed by atoms with Gasteiger partial charge in [0, 0.05) is 41.7 Å². The van der Waals surface area contributed by atoms with Crippen molar-refractivity contribution in [3.8, 4) is 28.3 Å². The van der Waals surface area contributed by atoms with Gasteiger partial charge in [-0.1, -0.05) is 18.2 Å². The van der Waals surface area contributed by atoms with E-state index >= 15 is 0 Å². The van der Waals surface area contributed by atoms with Gasteiger partial charge in [-0.25, -0.2) is 4.79 Å². The number of nitrogens with one attached hydrogen (secondary N) is 2. The van der Waals surface area contributed by atoms with Crippen molar-refractivity contribution in [1.29, 1.82) is 0 Å². The molecule has 0 bridgehead atoms. The maximum absolute atomic E-state index is 12.0. The van der Waals surface area contributed by atoms with E-state index in [0.29, 0.717) is 6.54 Å². The summed E-state index contributed by atoms with van der Waals surface area (Å²) in [5.74, 6) is -2.52. The fraction of sp³-hybridized carbons (Fsp3) is 0.125. The van der Waals surface area contributed by atoms with Crippen LogP contribution in [-0.2, 0) is 11.2 Å². The quantitative estimate of drug-likeness (QED) is 0.345. The Morgan fingerprint density at radius 1 is 0.971 bits per heavy atom. The summed E-state index contributed by atoms with van der Waals surface area (Å²) in [6.45, 7) is 0.667. The van der Waals surface area contributed by atoms with Crippen molar-refractivity contribution in [3.63, 3.8) is 0 Å². The highest BCUT2D eigenvalue weighted by molar-refractivity contribution is 5.98. The van der Waals surface area contributed by atoms with E-state index in [9.17, 15) is 23.1 Å². The molecular weight excluding hydrogens is 451 g/mol. The molecule has 1 aliphatic rings. The lowest BCUT2D eigenvalue weighted by molar-refractivity contribution is -0.192. The number of aliphatic carboxylic acids is 1. The number of pyridine rings is 1. The van der Waals surface area contributed by atoms with Gasteiger partial charge in [0.05, 0.1) is 11.3 Å². The lowest BCUT2D eigenvalue weighted by atomic mass is 10.0. The number of H-pyrrole nitrogens is 1. The Bertz CT molecular complexity index is 1400. The number of hydrogen-bond acceptors (Lipinski definition) is 4. The largest absolute Gasteiger partial charge is 0.508 e. The van der Waals surface area contributed by atoms with Gasteiger partial charge in [0.15, 0.2) is 0 Å². The fourth-order valence-electron chi connectivity index (χ4n) is 3.60. The Morgan fingerprint density at radius 2 is 1.68 bits per heavy atom. The first-order valence-electron chi connectivity index (χ1n) is 10.1. The van der Waals surface area contributed by atoms with Gasteiger partial charge in [0.25, 0.3) is 5.91 Å². The van der Waals surface area contributed by atoms with Crippen LogP contribution in [0.2, 0.25) is 0 Å². The third-order valence-electron chi connectivity index (χ3n) is 5.24. The Kier molecular flexibility index (Phi) is 5.97. The first-order chi connectivity index (χ1) is 16.1. The van der Waals surface area contributed by atoms with Gasteiger partial charge in [-0.3, -0.25) is 9.78 Å². The number of fused-ring (bicyclic) bond motifs is 2. The van der Waals surface area contributed by atoms with Gasteiger partial charge in [-0.05, 0) is 47.2 Å². The second kappa shape index (κ2) is 8.89. The number of aromatic amines is 1. The number of phenolic OH excluding ortho intramolecular Hbond substituents is 1. The number of carboxylic acids is 1. The molecule has 0 fully saturated rings. The van der Waals surface area contributed by atoms with Gasteiger partial charge in [-0.2, -0.15) is 13.2 Å². The molecule has 0 spiro atoms. The summed E-state index contributed by atoms with van der Waals surface area (Å²) in [5.41, 5.74) is 5.49. The van der Waals surface area contributed by atoms with Crippen molar-refractivity contribution in [3.05, 3.63) is 72.1 Å². The van der Waals surface area contributed by atoms with E-state index in [4.69, 9.17) is 9.90 Å². The van der Waals surface area contributed by atoms with E-state index < -0.39 is 12.1 Å². The van der Waals surface area contributed by atoms with Crippen LogP contribution in [0.4, 0.5) is 13.2 Å². The number of phenols is 1. The topological polar surface area (TPSA) is 115 Å². The second-order valence-electron chi connectivity index (χ2n) is 7.56. The van der Waals surface area contributed by atoms with Crippen LogP contribution in [0.5, 0.6) is 5.75 Å². The molecule has 0 unspecified atom stereocenters. The van der Waals surface area contributed by atoms with Gasteiger partial charge in [0.2, 0.25) is 0 Å². The van der Waals surface area contributed by atoms with Crippen LogP contribution in [0, 0.1) is 0 Å². The molecule has 10 heteroatoms. The average Bonchev–Trinajstić information content (AvgIpc) is 3.24. The fourth-order valence-corrected chi connectivity index (χ4v) is 3.60. The summed E-state index contributed by atoms with van der Waals surface area (Å²) >= 11 is 0. The minimum Gasteiger partial charge on any atom is -0.508 e. The molecule has 0 atom stereocenters. The zero-order valence-corrected chi connectivity index (χ0v) is 17.5. The number of alkyl halides is 3. The molecule has 34 heavy (non-hydrogen) atoms. The number of aromatic hydroxyl groups is 1. The highest BCUT2D eigenvalue weighted by atomic mass is 19.4. The zero-order chi connectivity index (χ0) is 24.5. The van der Waals surface area contributed by atoms with Crippen LogP contribution in [-0.4, -0.2) is 44.8 Å². The molecule has 2 aromatic carbocycles. The number of halogens is 3. The maximum atomic E-state index is 12.0. The van der Waals surface area contributed by atoms with E-state index in [0.717, 1.165) is 51.0 Å². The number of rotatable bonds is 2. The monoisotopic (exact) mass is 469 g/mol. The van der Waals surface area contributed by atoms with E-state index in [1.54, 1.807) is 18.3 Å². The van der Waals surface area contributed by atoms with Crippen molar-refractivity contribution < 1.29 is 33.0 Å². The average molecular weight is 469 g/mol. The Hall–Kier alpha value is -4.34. The molecule has 4 aromatic rings. The van der Waals surface area contributed by atoms with Crippen LogP contribution in [0.3, 0.4) is 0 Å². The Morgan fingerprint density at radius 3 is 2.38 bits per heavy atom. The van der Waals surface area contributed by atoms with Gasteiger partial charge in [-0.15, -0.1) is 0 Å². The number of amides is 1. The SMILES string of the molecule is O=C(O)C(F)(F)F.O=C1NCCc2[nH]c(-c3ccnc(-c4ccc5cc(O)ccc5c4)c3)cc21. The molecule has 2 aromatic heterocycles. The minimum atomic E-state index is -5.08. The van der Waals surface area contributed by atoms with Crippen molar-refractivity contribution in [2.24, 2.45) is 0 Å². The molecular formula is C24H18F3N3O4. The zero-order valence-electron chi connectivity index (χ0n) is 17.5. The molecule has 5 rings (SSSR count). The number of benzene rings is 2. The molecule has 0 radical (unpaired) electrons. The number of carbonyl (C=O) groups is 2. The number of carboxylic acid groups (broad SMARTS) is 1. The summed E-state index contributed by atoms with van der Waals surface area (Å²) in [6.07, 6.45) is -2.48. The van der Waals surface area contributed by atoms with E-state index in [1.165, 1.54) is 0 Å². The van der Waals surface area contributed by atoms with Gasteiger partial charge >= 0.3 is 12.1 Å². The predicted octanol–water partition coefficient (Wildman–Crippen LogP) is 4.52. The summed E-state index contributed by atoms with van der Waals surface area (Å²) < 4.78 is 31.7. The van der Waals surface area contributed by atoms with Crippen molar-refractivity contribution in [2.75, 3.05) is 6.54 Å². The standard InChI is InChI=1S/C22H17N3O2.C2HF3O2/c26-17-4-3-13-9-15(2-1-14(13)10-17)20-11-16(5-7-23-20)21-12-18-19(25-21)6-8-24-22(18)27;3-2(4,5)1(6)7/h1-5,7,9-12,25-26H,6,8H2,(H,24,27);(H,6,7). The van der Waals surface area contributed by atoms with Crippen LogP contribution < -0.4 is 5.32 Å². The Labute approximate surface area is 190 Å². The molecule has 3 heterocycles. The molecule has 1 aliphatic heterocycles. The first-order valence-corrected chi connectivity index (χ1v) is 10.1. The summed E-state index contributed by atoms with van der Waals surface area (Å²) in [5, 5.41) is 21.7. The molecule has 0 aliphatic carbocycles. The molecule has 0 saturated carbocycles. The maximum Gasteiger partial charge on any atom is 0.490 e. The number of aromatic nitrogens is 2. The predicted molar refractivity (Wildman–Crippen MR) is 118 cm³/mol. The highest BCUT2D eigenvalue weighted by Crippen LogP contribution is 2.29. The number of hydrogen-bond donors (Lipinski definition) is 4. The summed E-state index contributed by atoms with van der Waals surface area (Å²) in [7, 11) is 0. The highest BCUT2D eigenvalue weighted by Gasteiger charge is 2.38. The summed E-state index contributed by atoms with van der Waals surface area (Å²) in [4.78, 5) is 28.8. The third kappa shape index (κ3) is 4.85. The minimum absolute atomic E-state index is 0.0224. The lowest BCUT2D eigenvalue weighted by Gasteiger charge is -2.11. The van der Waals surface area contributed by atoms with Crippen molar-refractivity contribution in [2.45, 2.75) is 12.6 Å². The lowest BCUT2D eigenvalue weighted by Crippen LogP contribution is -2.31. The third-order valence-corrected chi connectivity index (χ3v) is 5.24. The van der Waals surface area contributed by atoms with Gasteiger partial charge in [0.1, 0.15) is 5.75 Å². The first kappa shape index (κ1) is 22.8. The smallest absolute Gasteiger partial charge is 0.490 e. The molecule has 174 valence electrons. The van der Waals surface area contributed by atoms with E-state index in [1.807, 2.05) is 36.4 Å². The number of nitrogens with zero attached hydrogens (tertiary/aromatic N) is 1. The van der Waals surface area contributed by atoms with Crippen molar-refractivity contribution >= 4 is 22.6 Å². The number of carbonyl (C=O) groups excluding carboxylic acids is 1. The van der Waals surface area contributed by atoms with E-state index in [2.05, 4.69) is 21.4 Å². The van der Waals surface area contributed by atoms with Gasteiger partial charge < -0.3 is 20.5 Å². The summed E-state index contributed by atoms with van der Waals surface area (Å²) in [6, 6.07) is 17.3. The Balaban J connectivity index is 0.000000344.